The Balaban J connectivity index is 3.70. The van der Waals surface area contributed by atoms with Gasteiger partial charge < -0.3 is 0 Å². The zero-order valence-corrected chi connectivity index (χ0v) is 10.4. The van der Waals surface area contributed by atoms with Crippen LogP contribution >= 0.6 is 0 Å². The van der Waals surface area contributed by atoms with Crippen molar-refractivity contribution in [2.75, 3.05) is 0 Å². The summed E-state index contributed by atoms with van der Waals surface area (Å²) in [6.07, 6.45) is 7.98. The van der Waals surface area contributed by atoms with E-state index in [1.807, 2.05) is 6.08 Å². The largest absolute Gasteiger partial charge is 0.290 e. The second kappa shape index (κ2) is 10.4. The third-order valence-corrected chi connectivity index (χ3v) is 2.48. The number of hydrogen-bond acceptors (Lipinski definition) is 4. The number of carbonyl (C=O) groups excluding carboxylic acids is 4. The van der Waals surface area contributed by atoms with Crippen molar-refractivity contribution in [2.45, 2.75) is 44.9 Å². The lowest BCUT2D eigenvalue weighted by Gasteiger charge is -1.99. The molecule has 0 aliphatic carbocycles. The number of unbranched alkanes of at least 4 members (excludes halogenated alkanes) is 5. The van der Waals surface area contributed by atoms with Gasteiger partial charge in [-0.1, -0.05) is 25.3 Å². The Labute approximate surface area is 107 Å². The highest BCUT2D eigenvalue weighted by atomic mass is 16.2. The molecule has 0 saturated heterocycles. The molecule has 4 nitrogen and oxygen atoms in total. The maximum absolute atomic E-state index is 11.3. The summed E-state index contributed by atoms with van der Waals surface area (Å²) in [5.41, 5.74) is 0. The SMILES string of the molecule is C=CCCCCCCCC(=O)C(=O)C(=O)C=C=O. The summed E-state index contributed by atoms with van der Waals surface area (Å²) in [7, 11) is 0. The van der Waals surface area contributed by atoms with Crippen LogP contribution in [0.4, 0.5) is 0 Å². The van der Waals surface area contributed by atoms with Gasteiger partial charge in [0.25, 0.3) is 5.78 Å². The Bertz CT molecular complexity index is 362. The maximum Gasteiger partial charge on any atom is 0.269 e. The molecule has 4 heteroatoms. The molecule has 0 aromatic heterocycles. The zero-order chi connectivity index (χ0) is 13.8. The van der Waals surface area contributed by atoms with E-state index in [1.165, 1.54) is 5.94 Å². The van der Waals surface area contributed by atoms with Crippen molar-refractivity contribution in [2.24, 2.45) is 0 Å². The fourth-order valence-electron chi connectivity index (χ4n) is 1.47. The van der Waals surface area contributed by atoms with Gasteiger partial charge in [-0.3, -0.25) is 14.4 Å². The first-order valence-corrected chi connectivity index (χ1v) is 6.06. The number of rotatable bonds is 11. The van der Waals surface area contributed by atoms with Crippen LogP contribution in [-0.2, 0) is 19.2 Å². The molecule has 98 valence electrons. The average Bonchev–Trinajstić information content (AvgIpc) is 2.36. The molecule has 0 radical (unpaired) electrons. The number of Topliss-reactive ketones (excluding diaryl/α,β-unsaturated/α-hetero) is 2. The highest BCUT2D eigenvalue weighted by Crippen LogP contribution is 2.07. The van der Waals surface area contributed by atoms with E-state index in [0.717, 1.165) is 32.1 Å². The molecule has 0 atom stereocenters. The molecular weight excluding hydrogens is 232 g/mol. The summed E-state index contributed by atoms with van der Waals surface area (Å²) in [5.74, 6) is -1.73. The summed E-state index contributed by atoms with van der Waals surface area (Å²) in [6, 6.07) is 0. The number of hydrogen-bond donors (Lipinski definition) is 0. The van der Waals surface area contributed by atoms with Gasteiger partial charge in [-0.15, -0.1) is 6.58 Å². The molecule has 0 aliphatic rings. The fraction of sp³-hybridized carbons (Fsp3) is 0.500. The van der Waals surface area contributed by atoms with Crippen LogP contribution in [-0.4, -0.2) is 23.3 Å². The van der Waals surface area contributed by atoms with E-state index < -0.39 is 17.3 Å². The summed E-state index contributed by atoms with van der Waals surface area (Å²) in [6.45, 7) is 3.62. The lowest BCUT2D eigenvalue weighted by molar-refractivity contribution is -0.142. The van der Waals surface area contributed by atoms with Gasteiger partial charge in [-0.25, -0.2) is 4.79 Å². The Hall–Kier alpha value is -1.80. The number of allylic oxidation sites excluding steroid dienone is 2. The number of carbonyl (C=O) groups is 3. The molecule has 0 heterocycles. The first kappa shape index (κ1) is 16.2. The summed E-state index contributed by atoms with van der Waals surface area (Å²) >= 11 is 0. The van der Waals surface area contributed by atoms with Crippen LogP contribution in [0.1, 0.15) is 44.9 Å². The molecule has 0 aliphatic heterocycles. The monoisotopic (exact) mass is 250 g/mol. The lowest BCUT2D eigenvalue weighted by atomic mass is 10.0. The zero-order valence-electron chi connectivity index (χ0n) is 10.4. The highest BCUT2D eigenvalue weighted by Gasteiger charge is 2.19. The van der Waals surface area contributed by atoms with Crippen molar-refractivity contribution in [3.8, 4) is 0 Å². The van der Waals surface area contributed by atoms with Crippen molar-refractivity contribution in [3.63, 3.8) is 0 Å². The second-order valence-electron chi connectivity index (χ2n) is 3.97. The van der Waals surface area contributed by atoms with Crippen LogP contribution in [0.2, 0.25) is 0 Å². The van der Waals surface area contributed by atoms with Gasteiger partial charge >= 0.3 is 0 Å². The molecule has 0 aromatic carbocycles. The van der Waals surface area contributed by atoms with E-state index in [1.54, 1.807) is 0 Å². The van der Waals surface area contributed by atoms with E-state index in [4.69, 9.17) is 0 Å². The van der Waals surface area contributed by atoms with Crippen molar-refractivity contribution in [1.29, 1.82) is 0 Å². The molecule has 0 rings (SSSR count). The minimum absolute atomic E-state index is 0.0682. The average molecular weight is 250 g/mol. The van der Waals surface area contributed by atoms with Gasteiger partial charge in [0.05, 0.1) is 6.08 Å². The molecule has 0 N–H and O–H groups in total. The predicted octanol–water partition coefficient (Wildman–Crippen LogP) is 2.00. The second-order valence-corrected chi connectivity index (χ2v) is 3.97. The maximum atomic E-state index is 11.3. The van der Waals surface area contributed by atoms with E-state index in [-0.39, 0.29) is 6.42 Å². The molecule has 0 fully saturated rings. The van der Waals surface area contributed by atoms with Crippen molar-refractivity contribution in [3.05, 3.63) is 18.7 Å². The van der Waals surface area contributed by atoms with Gasteiger partial charge in [0, 0.05) is 6.42 Å². The van der Waals surface area contributed by atoms with E-state index in [9.17, 15) is 19.2 Å². The summed E-state index contributed by atoms with van der Waals surface area (Å²) in [5, 5.41) is 0. The van der Waals surface area contributed by atoms with Gasteiger partial charge in [0.1, 0.15) is 5.94 Å². The minimum Gasteiger partial charge on any atom is -0.290 e. The Morgan fingerprint density at radius 2 is 1.61 bits per heavy atom. The molecular formula is C14H18O4. The molecule has 18 heavy (non-hydrogen) atoms. The first-order chi connectivity index (χ1) is 8.63. The molecule has 0 bridgehead atoms. The van der Waals surface area contributed by atoms with Gasteiger partial charge in [-0.05, 0) is 19.3 Å². The normalized spacial score (nSPS) is 9.33. The van der Waals surface area contributed by atoms with Crippen molar-refractivity contribution >= 4 is 23.3 Å². The molecule has 0 amide bonds. The molecule has 0 aromatic rings. The first-order valence-electron chi connectivity index (χ1n) is 6.06. The Morgan fingerprint density at radius 3 is 2.22 bits per heavy atom. The minimum atomic E-state index is -1.12. The molecule has 0 spiro atoms. The standard InChI is InChI=1S/C14H18O4/c1-2-3-4-5-6-7-8-9-12(16)14(18)13(17)10-11-15/h2,10H,1,3-9H2. The number of ketones is 3. The third kappa shape index (κ3) is 7.47. The smallest absolute Gasteiger partial charge is 0.269 e. The molecule has 0 unspecified atom stereocenters. The fourth-order valence-corrected chi connectivity index (χ4v) is 1.47. The van der Waals surface area contributed by atoms with E-state index >= 15 is 0 Å². The van der Waals surface area contributed by atoms with Crippen LogP contribution < -0.4 is 0 Å². The van der Waals surface area contributed by atoms with E-state index in [2.05, 4.69) is 6.58 Å². The Morgan fingerprint density at radius 1 is 1.00 bits per heavy atom. The van der Waals surface area contributed by atoms with Crippen LogP contribution in [0, 0.1) is 0 Å². The van der Waals surface area contributed by atoms with Crippen molar-refractivity contribution in [1.82, 2.24) is 0 Å². The quantitative estimate of drug-likeness (QED) is 0.140. The summed E-state index contributed by atoms with van der Waals surface area (Å²) < 4.78 is 0. The third-order valence-electron chi connectivity index (χ3n) is 2.48. The topological polar surface area (TPSA) is 68.3 Å². The lowest BCUT2D eigenvalue weighted by Crippen LogP contribution is -2.22. The Kier molecular flexibility index (Phi) is 9.32. The summed E-state index contributed by atoms with van der Waals surface area (Å²) in [4.78, 5) is 43.1. The van der Waals surface area contributed by atoms with E-state index in [0.29, 0.717) is 12.5 Å². The highest BCUT2D eigenvalue weighted by molar-refractivity contribution is 6.66. The van der Waals surface area contributed by atoms with Gasteiger partial charge in [0.2, 0.25) is 11.6 Å². The molecule has 0 saturated carbocycles. The van der Waals surface area contributed by atoms with Crippen molar-refractivity contribution < 1.29 is 19.2 Å². The van der Waals surface area contributed by atoms with Crippen LogP contribution in [0.15, 0.2) is 18.7 Å². The van der Waals surface area contributed by atoms with Gasteiger partial charge in [0.15, 0.2) is 0 Å². The van der Waals surface area contributed by atoms with Crippen LogP contribution in [0.25, 0.3) is 0 Å². The van der Waals surface area contributed by atoms with Gasteiger partial charge in [-0.2, -0.15) is 0 Å². The van der Waals surface area contributed by atoms with Crippen LogP contribution in [0.5, 0.6) is 0 Å². The predicted molar refractivity (Wildman–Crippen MR) is 67.8 cm³/mol. The van der Waals surface area contributed by atoms with Crippen LogP contribution in [0.3, 0.4) is 0 Å².